The number of likely N-dealkylation sites (tertiary alicyclic amines) is 1. The zero-order valence-electron chi connectivity index (χ0n) is 15.4. The van der Waals surface area contributed by atoms with Gasteiger partial charge in [-0.1, -0.05) is 12.1 Å². The van der Waals surface area contributed by atoms with E-state index in [1.807, 2.05) is 29.2 Å². The fourth-order valence-electron chi connectivity index (χ4n) is 3.07. The Bertz CT molecular complexity index is 803. The third-order valence-electron chi connectivity index (χ3n) is 4.50. The van der Waals surface area contributed by atoms with Crippen molar-refractivity contribution in [1.82, 2.24) is 15.2 Å². The summed E-state index contributed by atoms with van der Waals surface area (Å²) in [5.74, 6) is 0.914. The van der Waals surface area contributed by atoms with Gasteiger partial charge in [-0.2, -0.15) is 0 Å². The molecule has 2 aromatic rings. The highest BCUT2D eigenvalue weighted by Crippen LogP contribution is 2.27. The molecule has 1 aliphatic heterocycles. The number of aromatic nitrogens is 1. The largest absolute Gasteiger partial charge is 0.495 e. The molecule has 7 heteroatoms. The van der Waals surface area contributed by atoms with Crippen molar-refractivity contribution >= 4 is 23.3 Å². The molecule has 27 heavy (non-hydrogen) atoms. The Hall–Kier alpha value is -3.09. The molecule has 0 saturated carbocycles. The molecular weight excluding hydrogens is 344 g/mol. The number of pyridine rings is 1. The SMILES string of the molecule is COc1ccccc1Nc1ncccc1C(=O)NCCC(=O)N1CCCC1. The molecule has 1 aromatic heterocycles. The van der Waals surface area contributed by atoms with Gasteiger partial charge in [-0.05, 0) is 37.1 Å². The van der Waals surface area contributed by atoms with Crippen LogP contribution in [0.5, 0.6) is 5.75 Å². The van der Waals surface area contributed by atoms with Gasteiger partial charge < -0.3 is 20.3 Å². The molecule has 1 fully saturated rings. The molecular formula is C20H24N4O3. The predicted octanol–water partition coefficient (Wildman–Crippen LogP) is 2.58. The summed E-state index contributed by atoms with van der Waals surface area (Å²) >= 11 is 0. The van der Waals surface area contributed by atoms with Crippen molar-refractivity contribution in [2.24, 2.45) is 0 Å². The van der Waals surface area contributed by atoms with Crippen LogP contribution in [0.4, 0.5) is 11.5 Å². The lowest BCUT2D eigenvalue weighted by Crippen LogP contribution is -2.32. The number of amides is 2. The van der Waals surface area contributed by atoms with E-state index in [2.05, 4.69) is 15.6 Å². The van der Waals surface area contributed by atoms with Crippen LogP contribution < -0.4 is 15.4 Å². The minimum atomic E-state index is -0.269. The summed E-state index contributed by atoms with van der Waals surface area (Å²) in [7, 11) is 1.59. The first-order valence-corrected chi connectivity index (χ1v) is 9.10. The van der Waals surface area contributed by atoms with Gasteiger partial charge in [0.15, 0.2) is 0 Å². The first-order valence-electron chi connectivity index (χ1n) is 9.10. The second-order valence-corrected chi connectivity index (χ2v) is 6.32. The van der Waals surface area contributed by atoms with E-state index in [0.29, 0.717) is 30.1 Å². The Morgan fingerprint density at radius 3 is 2.70 bits per heavy atom. The van der Waals surface area contributed by atoms with Gasteiger partial charge in [0.25, 0.3) is 5.91 Å². The molecule has 0 atom stereocenters. The fourth-order valence-corrected chi connectivity index (χ4v) is 3.07. The van der Waals surface area contributed by atoms with E-state index < -0.39 is 0 Å². The van der Waals surface area contributed by atoms with Crippen molar-refractivity contribution in [3.05, 3.63) is 48.2 Å². The van der Waals surface area contributed by atoms with Crippen molar-refractivity contribution < 1.29 is 14.3 Å². The van der Waals surface area contributed by atoms with Gasteiger partial charge in [0.2, 0.25) is 5.91 Å². The monoisotopic (exact) mass is 368 g/mol. The number of hydrogen-bond donors (Lipinski definition) is 2. The van der Waals surface area contributed by atoms with Crippen molar-refractivity contribution in [2.75, 3.05) is 32.1 Å². The second-order valence-electron chi connectivity index (χ2n) is 6.32. The van der Waals surface area contributed by atoms with Crippen LogP contribution in [0.2, 0.25) is 0 Å². The lowest BCUT2D eigenvalue weighted by Gasteiger charge is -2.16. The van der Waals surface area contributed by atoms with Gasteiger partial charge >= 0.3 is 0 Å². The number of hydrogen-bond acceptors (Lipinski definition) is 5. The molecule has 1 aromatic carbocycles. The molecule has 0 aliphatic carbocycles. The molecule has 0 bridgehead atoms. The van der Waals surface area contributed by atoms with Crippen LogP contribution in [0.25, 0.3) is 0 Å². The number of nitrogens with zero attached hydrogens (tertiary/aromatic N) is 2. The quantitative estimate of drug-likeness (QED) is 0.785. The summed E-state index contributed by atoms with van der Waals surface area (Å²) < 4.78 is 5.32. The highest BCUT2D eigenvalue weighted by Gasteiger charge is 2.18. The highest BCUT2D eigenvalue weighted by atomic mass is 16.5. The van der Waals surface area contributed by atoms with E-state index in [4.69, 9.17) is 4.74 Å². The van der Waals surface area contributed by atoms with Crippen molar-refractivity contribution in [2.45, 2.75) is 19.3 Å². The minimum absolute atomic E-state index is 0.0892. The molecule has 1 saturated heterocycles. The number of anilines is 2. The van der Waals surface area contributed by atoms with Crippen LogP contribution in [-0.4, -0.2) is 48.4 Å². The Kier molecular flexibility index (Phi) is 6.25. The standard InChI is InChI=1S/C20H24N4O3/c1-27-17-9-3-2-8-16(17)23-19-15(7-6-11-21-19)20(26)22-12-10-18(25)24-13-4-5-14-24/h2-3,6-9,11H,4-5,10,12-14H2,1H3,(H,21,23)(H,22,26). The third kappa shape index (κ3) is 4.75. The fraction of sp³-hybridized carbons (Fsp3) is 0.350. The van der Waals surface area contributed by atoms with Crippen LogP contribution in [0.3, 0.4) is 0 Å². The zero-order valence-corrected chi connectivity index (χ0v) is 15.4. The number of benzene rings is 1. The van der Waals surface area contributed by atoms with E-state index in [-0.39, 0.29) is 11.8 Å². The van der Waals surface area contributed by atoms with Gasteiger partial charge in [-0.3, -0.25) is 9.59 Å². The van der Waals surface area contributed by atoms with E-state index >= 15 is 0 Å². The summed E-state index contributed by atoms with van der Waals surface area (Å²) in [4.78, 5) is 30.8. The number of ether oxygens (including phenoxy) is 1. The van der Waals surface area contributed by atoms with Crippen LogP contribution in [0.15, 0.2) is 42.6 Å². The Morgan fingerprint density at radius 1 is 1.15 bits per heavy atom. The molecule has 0 spiro atoms. The molecule has 3 rings (SSSR count). The Balaban J connectivity index is 1.62. The lowest BCUT2D eigenvalue weighted by atomic mass is 10.2. The molecule has 1 aliphatic rings. The molecule has 2 N–H and O–H groups in total. The van der Waals surface area contributed by atoms with E-state index in [9.17, 15) is 9.59 Å². The number of carbonyl (C=O) groups is 2. The number of rotatable bonds is 7. The van der Waals surface area contributed by atoms with Crippen molar-refractivity contribution in [3.63, 3.8) is 0 Å². The van der Waals surface area contributed by atoms with Gasteiger partial charge in [-0.15, -0.1) is 0 Å². The van der Waals surface area contributed by atoms with E-state index in [1.165, 1.54) is 0 Å². The smallest absolute Gasteiger partial charge is 0.255 e. The molecule has 0 radical (unpaired) electrons. The average Bonchev–Trinajstić information content (AvgIpc) is 3.23. The van der Waals surface area contributed by atoms with Gasteiger partial charge in [0, 0.05) is 32.3 Å². The summed E-state index contributed by atoms with van der Waals surface area (Å²) in [5.41, 5.74) is 1.13. The molecule has 0 unspecified atom stereocenters. The summed E-state index contributed by atoms with van der Waals surface area (Å²) in [6.07, 6.45) is 4.05. The van der Waals surface area contributed by atoms with Gasteiger partial charge in [-0.25, -0.2) is 4.98 Å². The maximum atomic E-state index is 12.6. The van der Waals surface area contributed by atoms with Crippen LogP contribution >= 0.6 is 0 Å². The Labute approximate surface area is 158 Å². The van der Waals surface area contributed by atoms with Crippen molar-refractivity contribution in [3.8, 4) is 5.75 Å². The highest BCUT2D eigenvalue weighted by molar-refractivity contribution is 5.99. The number of methoxy groups -OCH3 is 1. The van der Waals surface area contributed by atoms with Crippen LogP contribution in [0, 0.1) is 0 Å². The normalized spacial score (nSPS) is 13.3. The maximum Gasteiger partial charge on any atom is 0.255 e. The number of para-hydroxylation sites is 2. The van der Waals surface area contributed by atoms with E-state index in [1.54, 1.807) is 25.4 Å². The van der Waals surface area contributed by atoms with E-state index in [0.717, 1.165) is 31.6 Å². The molecule has 2 heterocycles. The van der Waals surface area contributed by atoms with Crippen molar-refractivity contribution in [1.29, 1.82) is 0 Å². The average molecular weight is 368 g/mol. The molecule has 2 amide bonds. The first-order chi connectivity index (χ1) is 13.2. The molecule has 7 nitrogen and oxygen atoms in total. The van der Waals surface area contributed by atoms with Crippen LogP contribution in [0.1, 0.15) is 29.6 Å². The number of carbonyl (C=O) groups excluding carboxylic acids is 2. The van der Waals surface area contributed by atoms with Crippen LogP contribution in [-0.2, 0) is 4.79 Å². The lowest BCUT2D eigenvalue weighted by molar-refractivity contribution is -0.129. The topological polar surface area (TPSA) is 83.6 Å². The molecule has 142 valence electrons. The minimum Gasteiger partial charge on any atom is -0.495 e. The number of nitrogens with one attached hydrogen (secondary N) is 2. The summed E-state index contributed by atoms with van der Waals surface area (Å²) in [6, 6.07) is 10.8. The second kappa shape index (κ2) is 9.02. The maximum absolute atomic E-state index is 12.6. The van der Waals surface area contributed by atoms with Gasteiger partial charge in [0.05, 0.1) is 18.4 Å². The Morgan fingerprint density at radius 2 is 1.93 bits per heavy atom. The zero-order chi connectivity index (χ0) is 19.1. The first kappa shape index (κ1) is 18.7. The third-order valence-corrected chi connectivity index (χ3v) is 4.50. The predicted molar refractivity (Wildman–Crippen MR) is 103 cm³/mol. The summed E-state index contributed by atoms with van der Waals surface area (Å²) in [6.45, 7) is 1.95. The summed E-state index contributed by atoms with van der Waals surface area (Å²) in [5, 5.41) is 5.96. The van der Waals surface area contributed by atoms with Gasteiger partial charge in [0.1, 0.15) is 11.6 Å².